The third-order valence-electron chi connectivity index (χ3n) is 4.25. The normalized spacial score (nSPS) is 11.5. The maximum absolute atomic E-state index is 11.5. The van der Waals surface area contributed by atoms with Gasteiger partial charge in [-0.3, -0.25) is 34.0 Å². The summed E-state index contributed by atoms with van der Waals surface area (Å²) < 4.78 is 0. The molecule has 0 aromatic heterocycles. The van der Waals surface area contributed by atoms with Crippen LogP contribution in [0.15, 0.2) is 0 Å². The summed E-state index contributed by atoms with van der Waals surface area (Å²) in [5.74, 6) is -1.85. The smallest absolute Gasteiger partial charge is 0.317 e. The number of likely N-dealkylation sites (N-methyl/N-ethyl adjacent to an activating group) is 2. The molecular formula is C18H34N4O6. The Bertz CT molecular complexity index is 502. The van der Waals surface area contributed by atoms with Gasteiger partial charge in [-0.05, 0) is 20.5 Å². The van der Waals surface area contributed by atoms with E-state index in [-0.39, 0.29) is 25.4 Å². The molecule has 2 N–H and O–H groups in total. The number of aldehydes is 1. The Labute approximate surface area is 166 Å². The average molecular weight is 402 g/mol. The number of aliphatic carboxylic acids is 2. The molecule has 28 heavy (non-hydrogen) atoms. The third-order valence-corrected chi connectivity index (χ3v) is 4.25. The lowest BCUT2D eigenvalue weighted by atomic mass is 10.3. The molecule has 162 valence electrons. The molecule has 0 radical (unpaired) electrons. The number of ketones is 1. The summed E-state index contributed by atoms with van der Waals surface area (Å²) in [5, 5.41) is 18.0. The van der Waals surface area contributed by atoms with Crippen molar-refractivity contribution in [2.45, 2.75) is 13.8 Å². The van der Waals surface area contributed by atoms with Crippen molar-refractivity contribution in [1.82, 2.24) is 19.6 Å². The molecule has 0 aliphatic carbocycles. The van der Waals surface area contributed by atoms with Crippen LogP contribution < -0.4 is 0 Å². The lowest BCUT2D eigenvalue weighted by Gasteiger charge is -2.29. The van der Waals surface area contributed by atoms with Crippen molar-refractivity contribution >= 4 is 24.0 Å². The van der Waals surface area contributed by atoms with Crippen molar-refractivity contribution in [3.63, 3.8) is 0 Å². The maximum Gasteiger partial charge on any atom is 0.317 e. The van der Waals surface area contributed by atoms with E-state index in [1.54, 1.807) is 16.8 Å². The standard InChI is InChI=1S/C18H34N4O6/c1-4-20(11-12-23)7-8-22(15-18(27)28)10-9-21(13-16(2)24)6-5-19(3)14-17(25)26/h12H,4-11,13-15H2,1-3H3,(H,25,26)(H,27,28). The molecule has 0 amide bonds. The molecule has 10 heteroatoms. The number of carboxylic acids is 2. The van der Waals surface area contributed by atoms with Crippen molar-refractivity contribution in [3.8, 4) is 0 Å². The number of rotatable bonds is 18. The summed E-state index contributed by atoms with van der Waals surface area (Å²) in [6.45, 7) is 7.50. The zero-order chi connectivity index (χ0) is 21.5. The van der Waals surface area contributed by atoms with Crippen LogP contribution in [0.25, 0.3) is 0 Å². The van der Waals surface area contributed by atoms with Gasteiger partial charge < -0.3 is 15.0 Å². The minimum absolute atomic E-state index is 0.00573. The van der Waals surface area contributed by atoms with Gasteiger partial charge in [-0.2, -0.15) is 0 Å². The molecule has 0 aromatic rings. The Morgan fingerprint density at radius 3 is 1.68 bits per heavy atom. The number of Topliss-reactive ketones (excluding diaryl/α,β-unsaturated/α-hetero) is 1. The zero-order valence-corrected chi connectivity index (χ0v) is 17.2. The molecule has 0 fully saturated rings. The van der Waals surface area contributed by atoms with Crippen LogP contribution in [0.4, 0.5) is 0 Å². The number of hydrogen-bond acceptors (Lipinski definition) is 8. The molecule has 0 rings (SSSR count). The Kier molecular flexibility index (Phi) is 14.1. The van der Waals surface area contributed by atoms with Gasteiger partial charge in [-0.1, -0.05) is 6.92 Å². The molecule has 0 aromatic carbocycles. The highest BCUT2D eigenvalue weighted by Gasteiger charge is 2.15. The molecule has 0 aliphatic rings. The molecule has 0 unspecified atom stereocenters. The van der Waals surface area contributed by atoms with Gasteiger partial charge in [0, 0.05) is 39.3 Å². The van der Waals surface area contributed by atoms with Crippen LogP contribution in [0.2, 0.25) is 0 Å². The SMILES string of the molecule is CCN(CC=O)CCN(CCN(CCN(C)CC(=O)O)CC(C)=O)CC(=O)O. The van der Waals surface area contributed by atoms with E-state index in [1.165, 1.54) is 6.92 Å². The Hall–Kier alpha value is -1.88. The van der Waals surface area contributed by atoms with Gasteiger partial charge in [0.25, 0.3) is 0 Å². The fourth-order valence-electron chi connectivity index (χ4n) is 2.72. The summed E-state index contributed by atoms with van der Waals surface area (Å²) in [4.78, 5) is 51.4. The van der Waals surface area contributed by atoms with Crippen LogP contribution in [-0.4, -0.2) is 133 Å². The molecule has 0 aliphatic heterocycles. The molecule has 0 atom stereocenters. The van der Waals surface area contributed by atoms with E-state index < -0.39 is 11.9 Å². The quantitative estimate of drug-likeness (QED) is 0.270. The van der Waals surface area contributed by atoms with Crippen LogP contribution in [0, 0.1) is 0 Å². The molecule has 0 bridgehead atoms. The highest BCUT2D eigenvalue weighted by molar-refractivity contribution is 5.77. The summed E-state index contributed by atoms with van der Waals surface area (Å²) >= 11 is 0. The fraction of sp³-hybridized carbons (Fsp3) is 0.778. The van der Waals surface area contributed by atoms with Gasteiger partial charge in [0.2, 0.25) is 0 Å². The lowest BCUT2D eigenvalue weighted by Crippen LogP contribution is -2.44. The number of nitrogens with zero attached hydrogens (tertiary/aromatic N) is 4. The van der Waals surface area contributed by atoms with Crippen molar-refractivity contribution in [2.24, 2.45) is 0 Å². The topological polar surface area (TPSA) is 122 Å². The molecule has 0 saturated heterocycles. The van der Waals surface area contributed by atoms with Crippen LogP contribution in [0.3, 0.4) is 0 Å². The van der Waals surface area contributed by atoms with Crippen molar-refractivity contribution in [3.05, 3.63) is 0 Å². The predicted octanol–water partition coefficient (Wildman–Crippen LogP) is -1.20. The monoisotopic (exact) mass is 402 g/mol. The molecular weight excluding hydrogens is 368 g/mol. The first-order chi connectivity index (χ1) is 13.2. The Balaban J connectivity index is 4.71. The minimum Gasteiger partial charge on any atom is -0.480 e. The summed E-state index contributed by atoms with van der Waals surface area (Å²) in [6, 6.07) is 0. The van der Waals surface area contributed by atoms with Gasteiger partial charge in [0.1, 0.15) is 12.1 Å². The van der Waals surface area contributed by atoms with Crippen LogP contribution in [-0.2, 0) is 19.2 Å². The average Bonchev–Trinajstić information content (AvgIpc) is 2.58. The van der Waals surface area contributed by atoms with E-state index in [0.717, 1.165) is 6.29 Å². The first-order valence-electron chi connectivity index (χ1n) is 9.40. The van der Waals surface area contributed by atoms with Gasteiger partial charge >= 0.3 is 11.9 Å². The Morgan fingerprint density at radius 2 is 1.25 bits per heavy atom. The number of carbonyl (C=O) groups is 4. The first kappa shape index (κ1) is 26.1. The van der Waals surface area contributed by atoms with E-state index in [2.05, 4.69) is 0 Å². The predicted molar refractivity (Wildman–Crippen MR) is 105 cm³/mol. The van der Waals surface area contributed by atoms with Crippen molar-refractivity contribution in [1.29, 1.82) is 0 Å². The van der Waals surface area contributed by atoms with Gasteiger partial charge in [0.15, 0.2) is 0 Å². The second kappa shape index (κ2) is 15.1. The lowest BCUT2D eigenvalue weighted by molar-refractivity contribution is -0.139. The largest absolute Gasteiger partial charge is 0.480 e. The second-order valence-corrected chi connectivity index (χ2v) is 6.84. The molecule has 0 heterocycles. The first-order valence-corrected chi connectivity index (χ1v) is 9.40. The van der Waals surface area contributed by atoms with E-state index in [1.807, 2.05) is 16.7 Å². The van der Waals surface area contributed by atoms with Gasteiger partial charge in [-0.25, -0.2) is 0 Å². The third kappa shape index (κ3) is 14.2. The minimum atomic E-state index is -0.933. The van der Waals surface area contributed by atoms with E-state index in [0.29, 0.717) is 52.4 Å². The number of carboxylic acid groups (broad SMARTS) is 2. The van der Waals surface area contributed by atoms with Crippen LogP contribution in [0.1, 0.15) is 13.8 Å². The number of hydrogen-bond donors (Lipinski definition) is 2. The van der Waals surface area contributed by atoms with Crippen LogP contribution >= 0.6 is 0 Å². The van der Waals surface area contributed by atoms with E-state index >= 15 is 0 Å². The fourth-order valence-corrected chi connectivity index (χ4v) is 2.72. The molecule has 0 spiro atoms. The van der Waals surface area contributed by atoms with E-state index in [4.69, 9.17) is 10.2 Å². The Morgan fingerprint density at radius 1 is 0.786 bits per heavy atom. The summed E-state index contributed by atoms with van der Waals surface area (Å²) in [6.07, 6.45) is 0.827. The summed E-state index contributed by atoms with van der Waals surface area (Å²) in [5.41, 5.74) is 0. The van der Waals surface area contributed by atoms with Crippen molar-refractivity contribution in [2.75, 3.05) is 79.0 Å². The highest BCUT2D eigenvalue weighted by Crippen LogP contribution is 1.97. The van der Waals surface area contributed by atoms with Crippen molar-refractivity contribution < 1.29 is 29.4 Å². The number of carbonyl (C=O) groups excluding carboxylic acids is 2. The van der Waals surface area contributed by atoms with Gasteiger partial charge in [0.05, 0.1) is 26.2 Å². The highest BCUT2D eigenvalue weighted by atomic mass is 16.4. The maximum atomic E-state index is 11.5. The molecule has 10 nitrogen and oxygen atoms in total. The molecule has 0 saturated carbocycles. The summed E-state index contributed by atoms with van der Waals surface area (Å²) in [7, 11) is 1.70. The van der Waals surface area contributed by atoms with Crippen LogP contribution in [0.5, 0.6) is 0 Å². The second-order valence-electron chi connectivity index (χ2n) is 6.84. The van der Waals surface area contributed by atoms with E-state index in [9.17, 15) is 19.2 Å². The van der Waals surface area contributed by atoms with Gasteiger partial charge in [-0.15, -0.1) is 0 Å². The zero-order valence-electron chi connectivity index (χ0n) is 17.2.